The zero-order chi connectivity index (χ0) is 18.2. The Balaban J connectivity index is 1.78. The molecular weight excluding hydrogens is 343 g/mol. The van der Waals surface area contributed by atoms with Crippen molar-refractivity contribution in [1.82, 2.24) is 9.80 Å². The average Bonchev–Trinajstić information content (AvgIpc) is 2.84. The van der Waals surface area contributed by atoms with E-state index in [4.69, 9.17) is 0 Å². The zero-order valence-corrected chi connectivity index (χ0v) is 15.5. The summed E-state index contributed by atoms with van der Waals surface area (Å²) >= 11 is 0. The Morgan fingerprint density at radius 1 is 1.16 bits per heavy atom. The summed E-state index contributed by atoms with van der Waals surface area (Å²) < 4.78 is 37.5. The molecule has 1 aromatic carbocycles. The van der Waals surface area contributed by atoms with Crippen molar-refractivity contribution in [3.63, 3.8) is 0 Å². The van der Waals surface area contributed by atoms with E-state index in [-0.39, 0.29) is 41.2 Å². The number of rotatable bonds is 4. The molecule has 0 aliphatic carbocycles. The Morgan fingerprint density at radius 2 is 1.80 bits per heavy atom. The van der Waals surface area contributed by atoms with Crippen LogP contribution >= 0.6 is 0 Å². The van der Waals surface area contributed by atoms with Crippen molar-refractivity contribution >= 4 is 15.7 Å². The van der Waals surface area contributed by atoms with Crippen molar-refractivity contribution in [2.75, 3.05) is 24.6 Å². The fourth-order valence-electron chi connectivity index (χ4n) is 3.82. The molecule has 2 atom stereocenters. The maximum Gasteiger partial charge on any atom is 0.223 e. The van der Waals surface area contributed by atoms with Crippen LogP contribution in [0.15, 0.2) is 24.3 Å². The molecule has 5 nitrogen and oxygen atoms in total. The Kier molecular flexibility index (Phi) is 5.16. The number of hydrogen-bond acceptors (Lipinski definition) is 4. The number of benzene rings is 1. The van der Waals surface area contributed by atoms with Gasteiger partial charge >= 0.3 is 0 Å². The number of fused-ring (bicyclic) bond motifs is 1. The van der Waals surface area contributed by atoms with Crippen LogP contribution in [0.1, 0.15) is 25.8 Å². The number of carbonyl (C=O) groups excluding carboxylic acids is 1. The molecule has 25 heavy (non-hydrogen) atoms. The molecular formula is C18H25FN2O3S. The summed E-state index contributed by atoms with van der Waals surface area (Å²) in [5.74, 6) is 0.144. The van der Waals surface area contributed by atoms with Gasteiger partial charge in [-0.05, 0) is 23.6 Å². The Bertz CT molecular complexity index is 733. The summed E-state index contributed by atoms with van der Waals surface area (Å²) in [5, 5.41) is 0. The second kappa shape index (κ2) is 7.03. The highest BCUT2D eigenvalue weighted by atomic mass is 32.2. The highest BCUT2D eigenvalue weighted by Crippen LogP contribution is 2.29. The van der Waals surface area contributed by atoms with Gasteiger partial charge in [-0.3, -0.25) is 9.69 Å². The molecule has 0 bridgehead atoms. The summed E-state index contributed by atoms with van der Waals surface area (Å²) in [7, 11) is -3.15. The highest BCUT2D eigenvalue weighted by molar-refractivity contribution is 7.91. The largest absolute Gasteiger partial charge is 0.336 e. The average molecular weight is 368 g/mol. The van der Waals surface area contributed by atoms with Crippen LogP contribution < -0.4 is 0 Å². The molecule has 1 aromatic rings. The standard InChI is InChI=1S/C18H25FN2O3S/c1-13(2)9-18(22)21-8-7-20(10-14-3-5-15(19)6-4-14)16-11-25(23,24)12-17(16)21/h3-6,13,16-17H,7-12H2,1-2H3/t16-,17+/m0/s1. The first-order valence-electron chi connectivity index (χ1n) is 8.73. The van der Waals surface area contributed by atoms with Crippen LogP contribution in [0.3, 0.4) is 0 Å². The van der Waals surface area contributed by atoms with Crippen LogP contribution in [0.2, 0.25) is 0 Å². The number of halogens is 1. The number of nitrogens with zero attached hydrogens (tertiary/aromatic N) is 2. The maximum absolute atomic E-state index is 13.1. The van der Waals surface area contributed by atoms with Crippen LogP contribution in [0, 0.1) is 11.7 Å². The lowest BCUT2D eigenvalue weighted by atomic mass is 10.0. The normalized spacial score (nSPS) is 26.0. The van der Waals surface area contributed by atoms with E-state index in [9.17, 15) is 17.6 Å². The molecule has 0 N–H and O–H groups in total. The zero-order valence-electron chi connectivity index (χ0n) is 14.7. The minimum Gasteiger partial charge on any atom is -0.336 e. The molecule has 0 saturated carbocycles. The van der Waals surface area contributed by atoms with Gasteiger partial charge in [0.15, 0.2) is 9.84 Å². The first kappa shape index (κ1) is 18.3. The molecule has 2 fully saturated rings. The third-order valence-electron chi connectivity index (χ3n) is 4.99. The number of piperazine rings is 1. The quantitative estimate of drug-likeness (QED) is 0.811. The van der Waals surface area contributed by atoms with Crippen molar-refractivity contribution < 1.29 is 17.6 Å². The molecule has 1 amide bonds. The Hall–Kier alpha value is -1.47. The predicted molar refractivity (Wildman–Crippen MR) is 94.2 cm³/mol. The highest BCUT2D eigenvalue weighted by Gasteiger charge is 2.47. The minimum absolute atomic E-state index is 0.0431. The Labute approximate surface area is 148 Å². The van der Waals surface area contributed by atoms with Crippen LogP contribution in [0.4, 0.5) is 4.39 Å². The molecule has 138 valence electrons. The molecule has 2 aliphatic heterocycles. The summed E-state index contributed by atoms with van der Waals surface area (Å²) in [5.41, 5.74) is 0.950. The lowest BCUT2D eigenvalue weighted by molar-refractivity contribution is -0.137. The van der Waals surface area contributed by atoms with E-state index >= 15 is 0 Å². The van der Waals surface area contributed by atoms with E-state index < -0.39 is 9.84 Å². The van der Waals surface area contributed by atoms with E-state index in [1.54, 1.807) is 17.0 Å². The van der Waals surface area contributed by atoms with Gasteiger partial charge in [-0.15, -0.1) is 0 Å². The third-order valence-corrected chi connectivity index (χ3v) is 6.69. The van der Waals surface area contributed by atoms with Gasteiger partial charge in [-0.25, -0.2) is 12.8 Å². The van der Waals surface area contributed by atoms with Gasteiger partial charge < -0.3 is 4.90 Å². The number of hydrogen-bond donors (Lipinski definition) is 0. The number of sulfone groups is 1. The second-order valence-corrected chi connectivity index (χ2v) is 9.65. The summed E-state index contributed by atoms with van der Waals surface area (Å²) in [6.07, 6.45) is 0.446. The Morgan fingerprint density at radius 3 is 2.44 bits per heavy atom. The third kappa shape index (κ3) is 4.20. The fourth-order valence-corrected chi connectivity index (χ4v) is 5.83. The molecule has 0 radical (unpaired) electrons. The first-order valence-corrected chi connectivity index (χ1v) is 10.6. The van der Waals surface area contributed by atoms with E-state index in [0.717, 1.165) is 5.56 Å². The summed E-state index contributed by atoms with van der Waals surface area (Å²) in [6.45, 7) is 5.74. The number of carbonyl (C=O) groups is 1. The molecule has 2 saturated heterocycles. The number of amides is 1. The topological polar surface area (TPSA) is 57.7 Å². The van der Waals surface area contributed by atoms with E-state index in [0.29, 0.717) is 26.1 Å². The molecule has 2 aliphatic rings. The van der Waals surface area contributed by atoms with E-state index in [1.807, 2.05) is 13.8 Å². The second-order valence-electron chi connectivity index (χ2n) is 7.49. The first-order chi connectivity index (χ1) is 11.7. The van der Waals surface area contributed by atoms with Crippen molar-refractivity contribution in [2.24, 2.45) is 5.92 Å². The molecule has 0 aromatic heterocycles. The minimum atomic E-state index is -3.15. The van der Waals surface area contributed by atoms with Crippen LogP contribution in [0.25, 0.3) is 0 Å². The lowest BCUT2D eigenvalue weighted by Crippen LogP contribution is -2.60. The predicted octanol–water partition coefficient (Wildman–Crippen LogP) is 1.68. The monoisotopic (exact) mass is 368 g/mol. The maximum atomic E-state index is 13.1. The van der Waals surface area contributed by atoms with Gasteiger partial charge in [-0.1, -0.05) is 26.0 Å². The molecule has 2 heterocycles. The SMILES string of the molecule is CC(C)CC(=O)N1CCN(Cc2ccc(F)cc2)[C@H]2CS(=O)(=O)C[C@H]21. The molecule has 7 heteroatoms. The van der Waals surface area contributed by atoms with Gasteiger partial charge in [0.05, 0.1) is 17.5 Å². The van der Waals surface area contributed by atoms with E-state index in [2.05, 4.69) is 4.90 Å². The van der Waals surface area contributed by atoms with Crippen LogP contribution in [-0.2, 0) is 21.2 Å². The van der Waals surface area contributed by atoms with Gasteiger partial charge in [0.25, 0.3) is 0 Å². The smallest absolute Gasteiger partial charge is 0.223 e. The van der Waals surface area contributed by atoms with Crippen molar-refractivity contribution in [3.05, 3.63) is 35.6 Å². The fraction of sp³-hybridized carbons (Fsp3) is 0.611. The van der Waals surface area contributed by atoms with Gasteiger partial charge in [0.1, 0.15) is 5.82 Å². The summed E-state index contributed by atoms with van der Waals surface area (Å²) in [4.78, 5) is 16.4. The van der Waals surface area contributed by atoms with Crippen molar-refractivity contribution in [1.29, 1.82) is 0 Å². The van der Waals surface area contributed by atoms with Gasteiger partial charge in [0, 0.05) is 32.1 Å². The van der Waals surface area contributed by atoms with Crippen LogP contribution in [0.5, 0.6) is 0 Å². The lowest BCUT2D eigenvalue weighted by Gasteiger charge is -2.44. The molecule has 3 rings (SSSR count). The van der Waals surface area contributed by atoms with Crippen molar-refractivity contribution in [2.45, 2.75) is 38.9 Å². The van der Waals surface area contributed by atoms with Gasteiger partial charge in [-0.2, -0.15) is 0 Å². The van der Waals surface area contributed by atoms with Gasteiger partial charge in [0.2, 0.25) is 5.91 Å². The summed E-state index contributed by atoms with van der Waals surface area (Å²) in [6, 6.07) is 5.83. The van der Waals surface area contributed by atoms with E-state index in [1.165, 1.54) is 12.1 Å². The van der Waals surface area contributed by atoms with Crippen LogP contribution in [-0.4, -0.2) is 60.8 Å². The molecule has 0 unspecified atom stereocenters. The molecule has 0 spiro atoms. The van der Waals surface area contributed by atoms with Crippen molar-refractivity contribution in [3.8, 4) is 0 Å².